The molecule has 0 amide bonds. The number of nitrogens with zero attached hydrogens (tertiary/aromatic N) is 1. The predicted octanol–water partition coefficient (Wildman–Crippen LogP) is 3.25. The molecule has 0 aromatic heterocycles. The summed E-state index contributed by atoms with van der Waals surface area (Å²) in [6.45, 7) is 9.67. The van der Waals surface area contributed by atoms with Crippen molar-refractivity contribution in [3.8, 4) is 0 Å². The Morgan fingerprint density at radius 3 is 2.60 bits per heavy atom. The zero-order chi connectivity index (χ0) is 14.0. The van der Waals surface area contributed by atoms with E-state index in [2.05, 4.69) is 54.4 Å². The lowest BCUT2D eigenvalue weighted by Gasteiger charge is -2.30. The van der Waals surface area contributed by atoms with E-state index < -0.39 is 0 Å². The monoisotopic (exact) mass is 272 g/mol. The van der Waals surface area contributed by atoms with Crippen molar-refractivity contribution in [3.05, 3.63) is 35.9 Å². The Hall–Kier alpha value is -0.860. The van der Waals surface area contributed by atoms with Gasteiger partial charge in [0, 0.05) is 25.7 Å². The van der Waals surface area contributed by atoms with Gasteiger partial charge in [0.05, 0.1) is 0 Å². The molecule has 1 N–H and O–H groups in total. The van der Waals surface area contributed by atoms with Crippen molar-refractivity contribution in [1.82, 2.24) is 10.2 Å². The van der Waals surface area contributed by atoms with E-state index in [0.717, 1.165) is 18.5 Å². The Morgan fingerprint density at radius 2 is 1.90 bits per heavy atom. The summed E-state index contributed by atoms with van der Waals surface area (Å²) in [4.78, 5) is 2.66. The van der Waals surface area contributed by atoms with Gasteiger partial charge in [-0.1, -0.05) is 44.2 Å². The van der Waals surface area contributed by atoms with Crippen molar-refractivity contribution in [1.29, 1.82) is 0 Å². The van der Waals surface area contributed by atoms with Crippen LogP contribution in [0.3, 0.4) is 0 Å². The Labute approximate surface area is 123 Å². The molecular formula is C18H28N2. The molecule has 1 saturated heterocycles. The molecule has 0 spiro atoms. The van der Waals surface area contributed by atoms with Gasteiger partial charge >= 0.3 is 0 Å². The number of nitrogens with one attached hydrogen (secondary N) is 1. The SMILES string of the molecule is CC(C)(CNC1CC1)CN1CCC(c2ccccc2)C1. The maximum absolute atomic E-state index is 3.69. The molecule has 20 heavy (non-hydrogen) atoms. The van der Waals surface area contributed by atoms with Gasteiger partial charge in [-0.2, -0.15) is 0 Å². The molecule has 2 aliphatic rings. The summed E-state index contributed by atoms with van der Waals surface area (Å²) in [5.41, 5.74) is 1.90. The molecule has 1 unspecified atom stereocenters. The summed E-state index contributed by atoms with van der Waals surface area (Å²) in [5, 5.41) is 3.69. The minimum absolute atomic E-state index is 0.383. The van der Waals surface area contributed by atoms with Gasteiger partial charge in [0.25, 0.3) is 0 Å². The Bertz CT molecular complexity index is 422. The van der Waals surface area contributed by atoms with Crippen LogP contribution in [0.4, 0.5) is 0 Å². The van der Waals surface area contributed by atoms with Gasteiger partial charge in [-0.05, 0) is 42.7 Å². The molecular weight excluding hydrogens is 244 g/mol. The van der Waals surface area contributed by atoms with Crippen molar-refractivity contribution >= 4 is 0 Å². The van der Waals surface area contributed by atoms with E-state index in [0.29, 0.717) is 5.41 Å². The number of hydrogen-bond donors (Lipinski definition) is 1. The highest BCUT2D eigenvalue weighted by Gasteiger charge is 2.30. The van der Waals surface area contributed by atoms with E-state index in [4.69, 9.17) is 0 Å². The number of benzene rings is 1. The third kappa shape index (κ3) is 3.83. The van der Waals surface area contributed by atoms with E-state index in [1.54, 1.807) is 0 Å². The Balaban J connectivity index is 1.49. The van der Waals surface area contributed by atoms with E-state index in [1.807, 2.05) is 0 Å². The minimum Gasteiger partial charge on any atom is -0.313 e. The van der Waals surface area contributed by atoms with Crippen molar-refractivity contribution in [2.75, 3.05) is 26.2 Å². The molecule has 1 aromatic rings. The smallest absolute Gasteiger partial charge is 0.00684 e. The van der Waals surface area contributed by atoms with Crippen LogP contribution >= 0.6 is 0 Å². The molecule has 1 saturated carbocycles. The molecule has 1 heterocycles. The molecule has 2 fully saturated rings. The van der Waals surface area contributed by atoms with Crippen molar-refractivity contribution < 1.29 is 0 Å². The van der Waals surface area contributed by atoms with Gasteiger partial charge < -0.3 is 10.2 Å². The summed E-state index contributed by atoms with van der Waals surface area (Å²) >= 11 is 0. The summed E-state index contributed by atoms with van der Waals surface area (Å²) in [6, 6.07) is 11.8. The van der Waals surface area contributed by atoms with Crippen LogP contribution in [0.25, 0.3) is 0 Å². The Kier molecular flexibility index (Phi) is 4.13. The normalized spacial score (nSPS) is 24.2. The maximum Gasteiger partial charge on any atom is 0.00684 e. The molecule has 1 aliphatic heterocycles. The quantitative estimate of drug-likeness (QED) is 0.855. The standard InChI is InChI=1S/C18H28N2/c1-18(2,13-19-17-8-9-17)14-20-11-10-16(12-20)15-6-4-3-5-7-15/h3-7,16-17,19H,8-14H2,1-2H3. The van der Waals surface area contributed by atoms with Crippen LogP contribution in [0.2, 0.25) is 0 Å². The van der Waals surface area contributed by atoms with Crippen LogP contribution in [0, 0.1) is 5.41 Å². The minimum atomic E-state index is 0.383. The lowest BCUT2D eigenvalue weighted by atomic mass is 9.92. The van der Waals surface area contributed by atoms with Crippen LogP contribution in [0.1, 0.15) is 44.6 Å². The molecule has 0 bridgehead atoms. The molecule has 1 aromatic carbocycles. The molecule has 0 radical (unpaired) electrons. The van der Waals surface area contributed by atoms with Crippen LogP contribution in [0.5, 0.6) is 0 Å². The van der Waals surface area contributed by atoms with Crippen molar-refractivity contribution in [2.24, 2.45) is 5.41 Å². The van der Waals surface area contributed by atoms with Gasteiger partial charge in [-0.25, -0.2) is 0 Å². The topological polar surface area (TPSA) is 15.3 Å². The van der Waals surface area contributed by atoms with Crippen LogP contribution in [0.15, 0.2) is 30.3 Å². The van der Waals surface area contributed by atoms with E-state index in [9.17, 15) is 0 Å². The summed E-state index contributed by atoms with van der Waals surface area (Å²) < 4.78 is 0. The van der Waals surface area contributed by atoms with Gasteiger partial charge in [-0.3, -0.25) is 0 Å². The third-order valence-electron chi connectivity index (χ3n) is 4.64. The number of hydrogen-bond acceptors (Lipinski definition) is 2. The highest BCUT2D eigenvalue weighted by atomic mass is 15.2. The predicted molar refractivity (Wildman–Crippen MR) is 85.0 cm³/mol. The first-order valence-corrected chi connectivity index (χ1v) is 8.13. The largest absolute Gasteiger partial charge is 0.313 e. The molecule has 2 heteroatoms. The van der Waals surface area contributed by atoms with Crippen LogP contribution in [-0.4, -0.2) is 37.1 Å². The molecule has 3 rings (SSSR count). The van der Waals surface area contributed by atoms with Crippen LogP contribution in [-0.2, 0) is 0 Å². The fourth-order valence-electron chi connectivity index (χ4n) is 3.34. The van der Waals surface area contributed by atoms with Gasteiger partial charge in [0.2, 0.25) is 0 Å². The summed E-state index contributed by atoms with van der Waals surface area (Å²) in [5.74, 6) is 0.739. The first-order valence-electron chi connectivity index (χ1n) is 8.13. The number of rotatable bonds is 6. The van der Waals surface area contributed by atoms with E-state index >= 15 is 0 Å². The molecule has 2 nitrogen and oxygen atoms in total. The second-order valence-electron chi connectivity index (χ2n) is 7.45. The van der Waals surface area contributed by atoms with Crippen LogP contribution < -0.4 is 5.32 Å². The molecule has 1 aliphatic carbocycles. The second kappa shape index (κ2) is 5.87. The Morgan fingerprint density at radius 1 is 1.15 bits per heavy atom. The van der Waals surface area contributed by atoms with E-state index in [-0.39, 0.29) is 0 Å². The van der Waals surface area contributed by atoms with Gasteiger partial charge in [-0.15, -0.1) is 0 Å². The first-order chi connectivity index (χ1) is 9.62. The number of likely N-dealkylation sites (tertiary alicyclic amines) is 1. The zero-order valence-electron chi connectivity index (χ0n) is 12.9. The van der Waals surface area contributed by atoms with Gasteiger partial charge in [0.15, 0.2) is 0 Å². The average molecular weight is 272 g/mol. The fourth-order valence-corrected chi connectivity index (χ4v) is 3.34. The zero-order valence-corrected chi connectivity index (χ0v) is 12.9. The maximum atomic E-state index is 3.69. The van der Waals surface area contributed by atoms with Crippen molar-refractivity contribution in [3.63, 3.8) is 0 Å². The van der Waals surface area contributed by atoms with Gasteiger partial charge in [0.1, 0.15) is 0 Å². The van der Waals surface area contributed by atoms with E-state index in [1.165, 1.54) is 44.5 Å². The summed E-state index contributed by atoms with van der Waals surface area (Å²) in [7, 11) is 0. The highest BCUT2D eigenvalue weighted by molar-refractivity contribution is 5.21. The molecule has 110 valence electrons. The lowest BCUT2D eigenvalue weighted by molar-refractivity contribution is 0.202. The summed E-state index contributed by atoms with van der Waals surface area (Å²) in [6.07, 6.45) is 4.09. The first kappa shape index (κ1) is 14.1. The third-order valence-corrected chi connectivity index (χ3v) is 4.64. The second-order valence-corrected chi connectivity index (χ2v) is 7.45. The fraction of sp³-hybridized carbons (Fsp3) is 0.667. The molecule has 1 atom stereocenters. The lowest BCUT2D eigenvalue weighted by Crippen LogP contribution is -2.40. The highest BCUT2D eigenvalue weighted by Crippen LogP contribution is 2.29. The average Bonchev–Trinajstić information content (AvgIpc) is 3.17. The van der Waals surface area contributed by atoms with Crippen molar-refractivity contribution in [2.45, 2.75) is 45.1 Å².